The summed E-state index contributed by atoms with van der Waals surface area (Å²) in [6.07, 6.45) is -0.197. The van der Waals surface area contributed by atoms with Crippen LogP contribution in [0.1, 0.15) is 6.42 Å². The number of methoxy groups -OCH3 is 1. The van der Waals surface area contributed by atoms with E-state index in [1.165, 1.54) is 7.11 Å². The molecule has 0 saturated carbocycles. The van der Waals surface area contributed by atoms with Crippen molar-refractivity contribution in [2.45, 2.75) is 12.5 Å². The van der Waals surface area contributed by atoms with Crippen LogP contribution in [-0.4, -0.2) is 24.7 Å². The molecule has 0 aromatic heterocycles. The van der Waals surface area contributed by atoms with Crippen LogP contribution in [0.3, 0.4) is 0 Å². The molecule has 0 N–H and O–H groups in total. The van der Waals surface area contributed by atoms with E-state index < -0.39 is 11.3 Å². The van der Waals surface area contributed by atoms with Crippen LogP contribution in [0.5, 0.6) is 0 Å². The Morgan fingerprint density at radius 2 is 2.44 bits per heavy atom. The van der Waals surface area contributed by atoms with E-state index in [1.807, 2.05) is 0 Å². The summed E-state index contributed by atoms with van der Waals surface area (Å²) in [7, 11) is 1.35. The van der Waals surface area contributed by atoms with Gasteiger partial charge in [-0.05, 0) is 11.6 Å². The van der Waals surface area contributed by atoms with Gasteiger partial charge in [0.05, 0.1) is 6.42 Å². The molecule has 0 aliphatic carbocycles. The number of hydrogen-bond donors (Lipinski definition) is 0. The summed E-state index contributed by atoms with van der Waals surface area (Å²) in [6, 6.07) is 0. The second-order valence-corrected chi connectivity index (χ2v) is 1.89. The fraction of sp³-hybridized carbons (Fsp3) is 0.600. The molecule has 0 spiro atoms. The predicted molar refractivity (Wildman–Crippen MR) is 32.3 cm³/mol. The summed E-state index contributed by atoms with van der Waals surface area (Å²) in [4.78, 5) is 20.0. The van der Waals surface area contributed by atoms with Crippen LogP contribution in [0.2, 0.25) is 0 Å². The monoisotopic (exact) mass is 150 g/mol. The normalized spacial score (nSPS) is 12.7. The number of aldehydes is 1. The Hall–Kier alpha value is -0.410. The van der Waals surface area contributed by atoms with E-state index in [-0.39, 0.29) is 6.42 Å². The molecule has 0 heterocycles. The minimum absolute atomic E-state index is 0.0540. The zero-order valence-electron chi connectivity index (χ0n) is 4.96. The van der Waals surface area contributed by atoms with Gasteiger partial charge in [0.2, 0.25) is 5.24 Å². The minimum Gasteiger partial charge on any atom is -0.373 e. The molecule has 1 unspecified atom stereocenters. The highest BCUT2D eigenvalue weighted by molar-refractivity contribution is 6.63. The van der Waals surface area contributed by atoms with Crippen molar-refractivity contribution >= 4 is 23.1 Å². The standard InChI is InChI=1S/C5H7ClO3/c1-9-4(3-7)2-5(6)8/h3-4H,2H2,1H3. The van der Waals surface area contributed by atoms with Gasteiger partial charge in [-0.25, -0.2) is 0 Å². The van der Waals surface area contributed by atoms with Crippen molar-refractivity contribution in [1.29, 1.82) is 0 Å². The Bertz CT molecular complexity index is 113. The van der Waals surface area contributed by atoms with Crippen LogP contribution in [0.4, 0.5) is 0 Å². The quantitative estimate of drug-likeness (QED) is 0.429. The maximum atomic E-state index is 10.1. The van der Waals surface area contributed by atoms with Gasteiger partial charge in [-0.1, -0.05) is 0 Å². The van der Waals surface area contributed by atoms with Gasteiger partial charge in [0.25, 0.3) is 0 Å². The molecular formula is C5H7ClO3. The van der Waals surface area contributed by atoms with Gasteiger partial charge < -0.3 is 9.53 Å². The molecule has 3 nitrogen and oxygen atoms in total. The summed E-state index contributed by atoms with van der Waals surface area (Å²) in [5, 5.41) is -0.561. The van der Waals surface area contributed by atoms with Crippen molar-refractivity contribution in [3.8, 4) is 0 Å². The van der Waals surface area contributed by atoms with Crippen LogP contribution < -0.4 is 0 Å². The third-order valence-corrected chi connectivity index (χ3v) is 0.971. The summed E-state index contributed by atoms with van der Waals surface area (Å²) in [5.74, 6) is 0. The molecule has 0 rings (SSSR count). The first-order chi connectivity index (χ1) is 4.20. The van der Waals surface area contributed by atoms with Gasteiger partial charge in [-0.3, -0.25) is 4.79 Å². The summed E-state index contributed by atoms with van der Waals surface area (Å²) in [5.41, 5.74) is 0. The number of rotatable bonds is 4. The molecular weight excluding hydrogens is 144 g/mol. The van der Waals surface area contributed by atoms with Crippen molar-refractivity contribution in [2.75, 3.05) is 7.11 Å². The zero-order chi connectivity index (χ0) is 7.28. The highest BCUT2D eigenvalue weighted by Crippen LogP contribution is 1.96. The molecule has 0 fully saturated rings. The zero-order valence-corrected chi connectivity index (χ0v) is 5.72. The molecule has 0 aliphatic rings. The molecule has 52 valence electrons. The fourth-order valence-electron chi connectivity index (χ4n) is 0.345. The Morgan fingerprint density at radius 1 is 1.89 bits per heavy atom. The number of ether oxygens (including phenoxy) is 1. The summed E-state index contributed by atoms with van der Waals surface area (Å²) < 4.78 is 4.54. The van der Waals surface area contributed by atoms with Gasteiger partial charge in [-0.2, -0.15) is 0 Å². The van der Waals surface area contributed by atoms with E-state index in [1.54, 1.807) is 0 Å². The van der Waals surface area contributed by atoms with Gasteiger partial charge in [-0.15, -0.1) is 0 Å². The Balaban J connectivity index is 3.55. The molecule has 9 heavy (non-hydrogen) atoms. The van der Waals surface area contributed by atoms with E-state index in [0.717, 1.165) is 0 Å². The minimum atomic E-state index is -0.685. The van der Waals surface area contributed by atoms with Crippen molar-refractivity contribution in [3.63, 3.8) is 0 Å². The maximum Gasteiger partial charge on any atom is 0.224 e. The average molecular weight is 151 g/mol. The lowest BCUT2D eigenvalue weighted by molar-refractivity contribution is -0.122. The average Bonchev–Trinajstić information content (AvgIpc) is 1.82. The van der Waals surface area contributed by atoms with Crippen LogP contribution >= 0.6 is 11.6 Å². The Morgan fingerprint density at radius 3 is 2.56 bits per heavy atom. The first-order valence-electron chi connectivity index (χ1n) is 2.37. The lowest BCUT2D eigenvalue weighted by Crippen LogP contribution is -2.14. The smallest absolute Gasteiger partial charge is 0.224 e. The molecule has 0 aliphatic heterocycles. The van der Waals surface area contributed by atoms with Gasteiger partial charge in [0, 0.05) is 7.11 Å². The Labute approximate surface area is 57.9 Å². The van der Waals surface area contributed by atoms with Crippen molar-refractivity contribution in [3.05, 3.63) is 0 Å². The predicted octanol–water partition coefficient (Wildman–Crippen LogP) is 0.356. The van der Waals surface area contributed by atoms with Crippen LogP contribution in [-0.2, 0) is 14.3 Å². The van der Waals surface area contributed by atoms with Crippen molar-refractivity contribution in [2.24, 2.45) is 0 Å². The lowest BCUT2D eigenvalue weighted by atomic mass is 10.3. The molecule has 0 aromatic rings. The third kappa shape index (κ3) is 4.12. The first-order valence-corrected chi connectivity index (χ1v) is 2.75. The summed E-state index contributed by atoms with van der Waals surface area (Å²) in [6.45, 7) is 0. The van der Waals surface area contributed by atoms with E-state index in [9.17, 15) is 9.59 Å². The number of carbonyl (C=O) groups excluding carboxylic acids is 2. The lowest BCUT2D eigenvalue weighted by Gasteiger charge is -2.01. The van der Waals surface area contributed by atoms with Crippen molar-refractivity contribution in [1.82, 2.24) is 0 Å². The largest absolute Gasteiger partial charge is 0.373 e. The number of halogens is 1. The van der Waals surface area contributed by atoms with Crippen LogP contribution in [0.15, 0.2) is 0 Å². The van der Waals surface area contributed by atoms with Crippen molar-refractivity contribution < 1.29 is 14.3 Å². The Kier molecular flexibility index (Phi) is 4.26. The topological polar surface area (TPSA) is 43.4 Å². The van der Waals surface area contributed by atoms with E-state index in [4.69, 9.17) is 11.6 Å². The second kappa shape index (κ2) is 4.47. The fourth-order valence-corrected chi connectivity index (χ4v) is 0.497. The van der Waals surface area contributed by atoms with Gasteiger partial charge in [0.15, 0.2) is 0 Å². The van der Waals surface area contributed by atoms with Gasteiger partial charge in [0.1, 0.15) is 12.4 Å². The molecule has 1 atom stereocenters. The maximum absolute atomic E-state index is 10.1. The first kappa shape index (κ1) is 8.59. The molecule has 0 aromatic carbocycles. The SMILES string of the molecule is COC(C=O)CC(=O)Cl. The molecule has 0 bridgehead atoms. The molecule has 0 amide bonds. The highest BCUT2D eigenvalue weighted by atomic mass is 35.5. The van der Waals surface area contributed by atoms with Crippen LogP contribution in [0, 0.1) is 0 Å². The third-order valence-electron chi connectivity index (χ3n) is 0.816. The molecule has 4 heteroatoms. The van der Waals surface area contributed by atoms with E-state index in [0.29, 0.717) is 6.29 Å². The number of hydrogen-bond acceptors (Lipinski definition) is 3. The summed E-state index contributed by atoms with van der Waals surface area (Å²) >= 11 is 4.95. The molecule has 0 radical (unpaired) electrons. The number of carbonyl (C=O) groups is 2. The molecule has 0 saturated heterocycles. The highest BCUT2D eigenvalue weighted by Gasteiger charge is 2.08. The van der Waals surface area contributed by atoms with Crippen LogP contribution in [0.25, 0.3) is 0 Å². The van der Waals surface area contributed by atoms with Gasteiger partial charge >= 0.3 is 0 Å². The van der Waals surface area contributed by atoms with E-state index >= 15 is 0 Å². The van der Waals surface area contributed by atoms with E-state index in [2.05, 4.69) is 4.74 Å². The second-order valence-electron chi connectivity index (χ2n) is 1.47.